The second kappa shape index (κ2) is 4.53. The third-order valence-corrected chi connectivity index (χ3v) is 3.61. The molecule has 0 spiro atoms. The molecule has 1 aliphatic rings. The van der Waals surface area contributed by atoms with Gasteiger partial charge in [-0.2, -0.15) is 10.2 Å². The summed E-state index contributed by atoms with van der Waals surface area (Å²) in [5.74, 6) is -0.446. The van der Waals surface area contributed by atoms with Crippen molar-refractivity contribution in [3.05, 3.63) is 23.1 Å². The summed E-state index contributed by atoms with van der Waals surface area (Å²) in [5, 5.41) is 11.5. The van der Waals surface area contributed by atoms with Gasteiger partial charge in [0.2, 0.25) is 0 Å². The maximum atomic E-state index is 11.5. The molecule has 2 aromatic rings. The Bertz CT molecular complexity index is 625. The van der Waals surface area contributed by atoms with E-state index in [1.165, 1.54) is 0 Å². The summed E-state index contributed by atoms with van der Waals surface area (Å²) < 4.78 is 1.91. The van der Waals surface area contributed by atoms with Gasteiger partial charge in [-0.05, 0) is 19.3 Å². The third kappa shape index (κ3) is 1.83. The van der Waals surface area contributed by atoms with Crippen molar-refractivity contribution in [3.63, 3.8) is 0 Å². The quantitative estimate of drug-likeness (QED) is 0.866. The molecule has 0 bridgehead atoms. The van der Waals surface area contributed by atoms with E-state index < -0.39 is 5.91 Å². The number of hydrogen-bond donors (Lipinski definition) is 2. The zero-order valence-corrected chi connectivity index (χ0v) is 10.9. The number of unbranched alkanes of at least 4 members (excludes halogenated alkanes) is 1. The molecule has 0 saturated carbocycles. The maximum absolute atomic E-state index is 11.5. The van der Waals surface area contributed by atoms with Gasteiger partial charge in [-0.25, -0.2) is 0 Å². The fourth-order valence-corrected chi connectivity index (χ4v) is 2.66. The standard InChI is InChI=1S/C13H17N5O/c1-2-3-6-18-12-8(11(17-18)13(14)19)4-5-10-9(12)7-15-16-10/h7H,2-6H2,1H3,(H2,14,19)(H,15,16). The number of carbonyl (C=O) groups is 1. The first-order chi connectivity index (χ1) is 9.22. The van der Waals surface area contributed by atoms with Crippen LogP contribution in [0.1, 0.15) is 41.5 Å². The average molecular weight is 259 g/mol. The lowest BCUT2D eigenvalue weighted by Gasteiger charge is -2.14. The molecule has 0 radical (unpaired) electrons. The second-order valence-electron chi connectivity index (χ2n) is 4.88. The van der Waals surface area contributed by atoms with Crippen LogP contribution in [0.3, 0.4) is 0 Å². The monoisotopic (exact) mass is 259 g/mol. The molecule has 1 aliphatic carbocycles. The first kappa shape index (κ1) is 12.0. The molecule has 0 atom stereocenters. The minimum absolute atomic E-state index is 0.415. The Morgan fingerprint density at radius 2 is 2.37 bits per heavy atom. The smallest absolute Gasteiger partial charge is 0.269 e. The number of aryl methyl sites for hydroxylation is 2. The Hall–Kier alpha value is -2.11. The molecule has 0 aliphatic heterocycles. The van der Waals surface area contributed by atoms with E-state index in [0.29, 0.717) is 5.69 Å². The van der Waals surface area contributed by atoms with E-state index in [0.717, 1.165) is 54.7 Å². The highest BCUT2D eigenvalue weighted by atomic mass is 16.1. The molecule has 100 valence electrons. The molecule has 0 fully saturated rings. The van der Waals surface area contributed by atoms with Gasteiger partial charge < -0.3 is 5.73 Å². The topological polar surface area (TPSA) is 89.6 Å². The van der Waals surface area contributed by atoms with Gasteiger partial charge in [0.25, 0.3) is 5.91 Å². The van der Waals surface area contributed by atoms with Gasteiger partial charge in [-0.3, -0.25) is 14.6 Å². The van der Waals surface area contributed by atoms with Crippen LogP contribution in [0.2, 0.25) is 0 Å². The Kier molecular flexibility index (Phi) is 2.85. The lowest BCUT2D eigenvalue weighted by atomic mass is 9.94. The highest BCUT2D eigenvalue weighted by Crippen LogP contribution is 2.34. The maximum Gasteiger partial charge on any atom is 0.269 e. The number of H-pyrrole nitrogens is 1. The summed E-state index contributed by atoms with van der Waals surface area (Å²) in [6.45, 7) is 2.94. The summed E-state index contributed by atoms with van der Waals surface area (Å²) in [4.78, 5) is 11.5. The zero-order chi connectivity index (χ0) is 13.4. The van der Waals surface area contributed by atoms with E-state index in [1.807, 2.05) is 10.9 Å². The Morgan fingerprint density at radius 1 is 1.53 bits per heavy atom. The van der Waals surface area contributed by atoms with Crippen molar-refractivity contribution in [2.45, 2.75) is 39.2 Å². The fourth-order valence-electron chi connectivity index (χ4n) is 2.66. The molecule has 6 nitrogen and oxygen atoms in total. The number of amides is 1. The summed E-state index contributed by atoms with van der Waals surface area (Å²) in [5.41, 5.74) is 10.00. The van der Waals surface area contributed by atoms with Gasteiger partial charge in [-0.1, -0.05) is 13.3 Å². The van der Waals surface area contributed by atoms with Gasteiger partial charge in [0.15, 0.2) is 5.69 Å². The van der Waals surface area contributed by atoms with Gasteiger partial charge in [0.05, 0.1) is 11.9 Å². The van der Waals surface area contributed by atoms with Crippen molar-refractivity contribution in [1.29, 1.82) is 0 Å². The molecule has 3 N–H and O–H groups in total. The number of primary amides is 1. The number of nitrogens with two attached hydrogens (primary N) is 1. The fraction of sp³-hybridized carbons (Fsp3) is 0.462. The van der Waals surface area contributed by atoms with E-state index >= 15 is 0 Å². The van der Waals surface area contributed by atoms with Crippen LogP contribution in [0.5, 0.6) is 0 Å². The summed E-state index contributed by atoms with van der Waals surface area (Å²) in [6.07, 6.45) is 5.55. The van der Waals surface area contributed by atoms with Gasteiger partial charge in [-0.15, -0.1) is 0 Å². The normalized spacial score (nSPS) is 13.1. The highest BCUT2D eigenvalue weighted by Gasteiger charge is 2.28. The molecule has 2 aromatic heterocycles. The molecular weight excluding hydrogens is 242 g/mol. The number of aromatic amines is 1. The van der Waals surface area contributed by atoms with Crippen molar-refractivity contribution >= 4 is 5.91 Å². The van der Waals surface area contributed by atoms with Gasteiger partial charge >= 0.3 is 0 Å². The first-order valence-electron chi connectivity index (χ1n) is 6.64. The summed E-state index contributed by atoms with van der Waals surface area (Å²) >= 11 is 0. The Labute approximate surface area is 111 Å². The number of aromatic nitrogens is 4. The van der Waals surface area contributed by atoms with E-state index in [4.69, 9.17) is 5.73 Å². The predicted molar refractivity (Wildman–Crippen MR) is 70.6 cm³/mol. The van der Waals surface area contributed by atoms with Crippen molar-refractivity contribution in [2.75, 3.05) is 0 Å². The lowest BCUT2D eigenvalue weighted by Crippen LogP contribution is -2.15. The number of rotatable bonds is 4. The summed E-state index contributed by atoms with van der Waals surface area (Å²) in [6, 6.07) is 0. The number of carbonyl (C=O) groups excluding carboxylic acids is 1. The largest absolute Gasteiger partial charge is 0.364 e. The van der Waals surface area contributed by atoms with E-state index in [9.17, 15) is 4.79 Å². The van der Waals surface area contributed by atoms with E-state index in [-0.39, 0.29) is 0 Å². The van der Waals surface area contributed by atoms with E-state index in [2.05, 4.69) is 22.2 Å². The Morgan fingerprint density at radius 3 is 3.11 bits per heavy atom. The van der Waals surface area contributed by atoms with E-state index in [1.54, 1.807) is 0 Å². The van der Waals surface area contributed by atoms with Crippen LogP contribution >= 0.6 is 0 Å². The number of hydrogen-bond acceptors (Lipinski definition) is 3. The number of nitrogens with one attached hydrogen (secondary N) is 1. The Balaban J connectivity index is 2.15. The van der Waals surface area contributed by atoms with Crippen LogP contribution in [0.25, 0.3) is 11.3 Å². The number of nitrogens with zero attached hydrogens (tertiary/aromatic N) is 3. The third-order valence-electron chi connectivity index (χ3n) is 3.61. The molecule has 6 heteroatoms. The first-order valence-corrected chi connectivity index (χ1v) is 6.64. The van der Waals surface area contributed by atoms with Crippen molar-refractivity contribution in [3.8, 4) is 11.3 Å². The zero-order valence-electron chi connectivity index (χ0n) is 10.9. The molecule has 1 amide bonds. The summed E-state index contributed by atoms with van der Waals surface area (Å²) in [7, 11) is 0. The van der Waals surface area contributed by atoms with Gasteiger partial charge in [0.1, 0.15) is 0 Å². The van der Waals surface area contributed by atoms with Crippen LogP contribution in [-0.2, 0) is 19.4 Å². The molecule has 19 heavy (non-hydrogen) atoms. The predicted octanol–water partition coefficient (Wildman–Crippen LogP) is 1.27. The lowest BCUT2D eigenvalue weighted by molar-refractivity contribution is 0.0994. The van der Waals surface area contributed by atoms with Crippen LogP contribution in [-0.4, -0.2) is 25.9 Å². The second-order valence-corrected chi connectivity index (χ2v) is 4.88. The minimum Gasteiger partial charge on any atom is -0.364 e. The highest BCUT2D eigenvalue weighted by molar-refractivity contribution is 5.94. The SMILES string of the molecule is CCCCn1nc(C(N)=O)c2c1-c1cn[nH]c1CC2. The van der Waals surface area contributed by atoms with Crippen LogP contribution < -0.4 is 5.73 Å². The van der Waals surface area contributed by atoms with Crippen LogP contribution in [0, 0.1) is 0 Å². The van der Waals surface area contributed by atoms with Crippen molar-refractivity contribution in [2.24, 2.45) is 5.73 Å². The van der Waals surface area contributed by atoms with Gasteiger partial charge in [0, 0.05) is 23.4 Å². The number of fused-ring (bicyclic) bond motifs is 3. The molecule has 0 saturated heterocycles. The molecule has 0 aromatic carbocycles. The molecular formula is C13H17N5O. The minimum atomic E-state index is -0.446. The molecule has 0 unspecified atom stereocenters. The van der Waals surface area contributed by atoms with Crippen LogP contribution in [0.15, 0.2) is 6.20 Å². The van der Waals surface area contributed by atoms with Crippen LogP contribution in [0.4, 0.5) is 0 Å². The average Bonchev–Trinajstić information content (AvgIpc) is 2.99. The molecule has 3 rings (SSSR count). The molecule has 2 heterocycles. The van der Waals surface area contributed by atoms with Crippen molar-refractivity contribution in [1.82, 2.24) is 20.0 Å². The van der Waals surface area contributed by atoms with Crippen molar-refractivity contribution < 1.29 is 4.79 Å².